The summed E-state index contributed by atoms with van der Waals surface area (Å²) >= 11 is 0. The van der Waals surface area contributed by atoms with E-state index in [1.54, 1.807) is 55.3 Å². The molecule has 0 aliphatic carbocycles. The van der Waals surface area contributed by atoms with E-state index < -0.39 is 179 Å². The molecule has 0 radical (unpaired) electrons. The Kier molecular flexibility index (Phi) is 34.8. The lowest BCUT2D eigenvalue weighted by Gasteiger charge is -2.42. The highest BCUT2D eigenvalue weighted by atomic mass is 16.7. The van der Waals surface area contributed by atoms with Gasteiger partial charge in [0.25, 0.3) is 0 Å². The number of hydrogen-bond acceptors (Lipinski definition) is 34. The van der Waals surface area contributed by atoms with Crippen molar-refractivity contribution in [3.05, 3.63) is 47.6 Å². The van der Waals surface area contributed by atoms with Crippen molar-refractivity contribution in [3.8, 4) is 0 Å². The van der Waals surface area contributed by atoms with Crippen LogP contribution in [0.5, 0.6) is 0 Å². The summed E-state index contributed by atoms with van der Waals surface area (Å²) in [6.45, 7) is 6.58. The van der Waals surface area contributed by atoms with Gasteiger partial charge in [0.05, 0.1) is 55.3 Å². The Labute approximate surface area is 617 Å². The van der Waals surface area contributed by atoms with E-state index in [-0.39, 0.29) is 45.9 Å². The Morgan fingerprint density at radius 2 is 0.729 bits per heavy atom. The average molecular weight is 1530 g/mol. The number of carboxylic acids is 1. The van der Waals surface area contributed by atoms with Gasteiger partial charge in [0.15, 0.2) is 25.2 Å². The number of ether oxygens (including phenoxy) is 8. The predicted molar refractivity (Wildman–Crippen MR) is 362 cm³/mol. The van der Waals surface area contributed by atoms with Gasteiger partial charge in [-0.05, 0) is 70.8 Å². The van der Waals surface area contributed by atoms with E-state index in [1.807, 2.05) is 0 Å². The van der Waals surface area contributed by atoms with Crippen molar-refractivity contribution < 1.29 is 123 Å². The Morgan fingerprint density at radius 3 is 1.04 bits per heavy atom. The van der Waals surface area contributed by atoms with Gasteiger partial charge in [-0.1, -0.05) is 34.2 Å². The standard InChI is InChI=1S/C65H109N17O25/c1-37-53(90)54(91)46(33-83)104-62(37)100-21-11-7-19-81-31-43(71-75-81)27-78(28-44-32-82(76-72-44)20-10-14-24-103-65-52(68-40(4)89)60(97)57(94)49(36-86)107-65)45(61(98)99)15-5-6-16-77(25-41-29-79(73-69-41)17-8-12-22-101-63-50(66-38(2)87)58(95)55(92)47(34-84)105-63)26-42-30-80(74-70-42)18-9-13-23-102-64-51(67-39(3)88)59(96)56(93)48(35-85)106-64/h29-32,37,45-60,62-65,83-86,90-97H,5-28,33-36H2,1-4H3,(H,66,87)(H,67,88)(H,68,89)(H,98,99)/t37-,45?,46-,47-,48-,49-,50-,51-,52-,53-,54+,55+,56+,57+,58-,59-,60-,62-,63-,64-,65-/m1/s1. The van der Waals surface area contributed by atoms with Crippen molar-refractivity contribution in [2.45, 2.75) is 273 Å². The molecule has 16 N–H and O–H groups in total. The molecule has 4 aliphatic rings. The Balaban J connectivity index is 0.907. The second-order valence-corrected chi connectivity index (χ2v) is 27.5. The zero-order chi connectivity index (χ0) is 77.3. The number of aliphatic hydroxyl groups is 12. The van der Waals surface area contributed by atoms with Crippen LogP contribution in [0.2, 0.25) is 0 Å². The third kappa shape index (κ3) is 25.6. The molecular formula is C65H109N17O25. The van der Waals surface area contributed by atoms with Crippen molar-refractivity contribution in [1.82, 2.24) is 85.7 Å². The van der Waals surface area contributed by atoms with E-state index in [4.69, 9.17) is 37.9 Å². The first-order valence-corrected chi connectivity index (χ1v) is 36.4. The molecule has 4 fully saturated rings. The largest absolute Gasteiger partial charge is 0.480 e. The van der Waals surface area contributed by atoms with Gasteiger partial charge in [-0.25, -0.2) is 0 Å². The number of nitrogens with one attached hydrogen (secondary N) is 3. The minimum Gasteiger partial charge on any atom is -0.480 e. The molecule has 0 bridgehead atoms. The van der Waals surface area contributed by atoms with Gasteiger partial charge in [-0.3, -0.25) is 47.7 Å². The number of aliphatic hydroxyl groups excluding tert-OH is 12. The van der Waals surface area contributed by atoms with Crippen LogP contribution >= 0.6 is 0 Å². The van der Waals surface area contributed by atoms with Gasteiger partial charge >= 0.3 is 5.97 Å². The van der Waals surface area contributed by atoms with E-state index in [0.717, 1.165) is 0 Å². The minimum atomic E-state index is -1.47. The fourth-order valence-electron chi connectivity index (χ4n) is 13.1. The van der Waals surface area contributed by atoms with Crippen LogP contribution in [0, 0.1) is 5.92 Å². The maximum Gasteiger partial charge on any atom is 0.320 e. The number of unbranched alkanes of at least 4 members (excludes halogenated alkanes) is 5. The molecule has 4 saturated heterocycles. The van der Waals surface area contributed by atoms with Crippen LogP contribution < -0.4 is 16.0 Å². The summed E-state index contributed by atoms with van der Waals surface area (Å²) in [6, 6.07) is -4.33. The van der Waals surface area contributed by atoms with E-state index in [1.165, 1.54) is 20.8 Å². The number of carbonyl (C=O) groups is 4. The SMILES string of the molecule is CC(=O)N[C@H]1[C@H](OCCCCn2cc(CN(CCCCC(C(=O)O)N(Cc3cn(CCCCO[C@@H]4O[C@H](CO)[C@H](O)[C@H](O)[C@H]4C)nn3)Cc3cn(CCCCO[C@@H]4O[C@H](CO)[C@H](O)[C@H](O)[C@H]4NC(C)=O)nn3)Cc3cn(CCCCO[C@@H]4O[C@H](CO)[C@H](O)[C@H](O)[C@H]4NC(C)=O)nn3)nn2)O[C@H](CO)[C@H](O)[C@@H]1O. The normalized spacial score (nSPS) is 29.4. The van der Waals surface area contributed by atoms with Gasteiger partial charge in [0.1, 0.15) is 91.3 Å². The number of carbonyl (C=O) groups excluding carboxylic acids is 3. The molecule has 8 heterocycles. The highest BCUT2D eigenvalue weighted by Gasteiger charge is 2.49. The van der Waals surface area contributed by atoms with Crippen molar-refractivity contribution >= 4 is 23.7 Å². The van der Waals surface area contributed by atoms with E-state index in [9.17, 15) is 85.6 Å². The monoisotopic (exact) mass is 1530 g/mol. The van der Waals surface area contributed by atoms with Gasteiger partial charge in [0, 0.05) is 130 Å². The van der Waals surface area contributed by atoms with Crippen molar-refractivity contribution in [2.75, 3.05) is 59.4 Å². The number of hydrogen-bond donors (Lipinski definition) is 16. The topological polar surface area (TPSA) is 571 Å². The predicted octanol–water partition coefficient (Wildman–Crippen LogP) is -6.53. The highest BCUT2D eigenvalue weighted by Crippen LogP contribution is 2.29. The number of carboxylic acid groups (broad SMARTS) is 1. The van der Waals surface area contributed by atoms with Crippen LogP contribution in [-0.4, -0.2) is 342 Å². The molecule has 4 aromatic heterocycles. The zero-order valence-electron chi connectivity index (χ0n) is 60.7. The Morgan fingerprint density at radius 1 is 0.430 bits per heavy atom. The van der Waals surface area contributed by atoms with E-state index in [2.05, 4.69) is 62.1 Å². The molecule has 4 aromatic rings. The summed E-state index contributed by atoms with van der Waals surface area (Å²) in [4.78, 5) is 53.2. The fraction of sp³-hybridized carbons (Fsp3) is 0.815. The lowest BCUT2D eigenvalue weighted by Crippen LogP contribution is -2.64. The summed E-state index contributed by atoms with van der Waals surface area (Å²) in [6.07, 6.45) is -7.45. The molecule has 4 aliphatic heterocycles. The Bertz CT molecular complexity index is 3180. The number of aromatic nitrogens is 12. The lowest BCUT2D eigenvalue weighted by atomic mass is 9.92. The first-order valence-electron chi connectivity index (χ1n) is 36.4. The minimum absolute atomic E-state index is 0.0401. The highest BCUT2D eigenvalue weighted by molar-refractivity contribution is 5.74. The maximum absolute atomic E-state index is 13.6. The number of aliphatic carboxylic acids is 1. The first kappa shape index (κ1) is 86.2. The fourth-order valence-corrected chi connectivity index (χ4v) is 13.1. The second-order valence-electron chi connectivity index (χ2n) is 27.5. The number of rotatable bonds is 46. The zero-order valence-corrected chi connectivity index (χ0v) is 60.7. The third-order valence-corrected chi connectivity index (χ3v) is 19.0. The van der Waals surface area contributed by atoms with Crippen LogP contribution in [0.15, 0.2) is 24.8 Å². The van der Waals surface area contributed by atoms with Gasteiger partial charge in [-0.2, -0.15) is 0 Å². The summed E-state index contributed by atoms with van der Waals surface area (Å²) in [7, 11) is 0. The molecular weight excluding hydrogens is 1420 g/mol. The molecule has 8 rings (SSSR count). The maximum atomic E-state index is 13.6. The van der Waals surface area contributed by atoms with Crippen molar-refractivity contribution in [2.24, 2.45) is 5.92 Å². The first-order chi connectivity index (χ1) is 51.4. The smallest absolute Gasteiger partial charge is 0.320 e. The number of aryl methyl sites for hydroxylation is 4. The molecule has 21 atom stereocenters. The van der Waals surface area contributed by atoms with Gasteiger partial charge in [-0.15, -0.1) is 20.4 Å². The molecule has 42 heteroatoms. The number of amides is 3. The van der Waals surface area contributed by atoms with Gasteiger partial charge in [0.2, 0.25) is 17.7 Å². The average Bonchev–Trinajstić information content (AvgIpc) is 1.44. The quantitative estimate of drug-likeness (QED) is 0.0183. The molecule has 42 nitrogen and oxygen atoms in total. The molecule has 0 saturated carbocycles. The molecule has 0 spiro atoms. The lowest BCUT2D eigenvalue weighted by molar-refractivity contribution is -0.282. The van der Waals surface area contributed by atoms with Crippen LogP contribution in [0.25, 0.3) is 0 Å². The summed E-state index contributed by atoms with van der Waals surface area (Å²) in [5, 5.41) is 177. The van der Waals surface area contributed by atoms with Crippen LogP contribution in [-0.2, 0) is 109 Å². The third-order valence-electron chi connectivity index (χ3n) is 19.0. The van der Waals surface area contributed by atoms with Gasteiger partial charge < -0.3 is 120 Å². The summed E-state index contributed by atoms with van der Waals surface area (Å²) in [5.41, 5.74) is 2.17. The van der Waals surface area contributed by atoms with E-state index >= 15 is 0 Å². The molecule has 107 heavy (non-hydrogen) atoms. The van der Waals surface area contributed by atoms with Crippen LogP contribution in [0.4, 0.5) is 0 Å². The summed E-state index contributed by atoms with van der Waals surface area (Å²) in [5.74, 6) is -3.08. The second kappa shape index (κ2) is 43.2. The molecule has 604 valence electrons. The Hall–Kier alpha value is -6.44. The number of nitrogens with zero attached hydrogens (tertiary/aromatic N) is 14. The molecule has 0 aromatic carbocycles. The van der Waals surface area contributed by atoms with Crippen molar-refractivity contribution in [3.63, 3.8) is 0 Å². The molecule has 1 unspecified atom stereocenters. The summed E-state index contributed by atoms with van der Waals surface area (Å²) < 4.78 is 52.9. The van der Waals surface area contributed by atoms with Crippen LogP contribution in [0.1, 0.15) is 121 Å². The van der Waals surface area contributed by atoms with Crippen molar-refractivity contribution in [1.29, 1.82) is 0 Å². The van der Waals surface area contributed by atoms with Crippen LogP contribution in [0.3, 0.4) is 0 Å². The molecule has 3 amide bonds. The van der Waals surface area contributed by atoms with E-state index in [0.29, 0.717) is 133 Å².